The van der Waals surface area contributed by atoms with Crippen LogP contribution in [0, 0.1) is 0 Å². The van der Waals surface area contributed by atoms with E-state index in [-0.39, 0.29) is 19.3 Å². The van der Waals surface area contributed by atoms with Crippen molar-refractivity contribution in [1.29, 1.82) is 0 Å². The number of aromatic nitrogens is 1. The van der Waals surface area contributed by atoms with Gasteiger partial charge in [-0.05, 0) is 31.3 Å². The largest absolute Gasteiger partial charge is 0.279 e. The minimum absolute atomic E-state index is 0.0283. The second kappa shape index (κ2) is 5.89. The summed E-state index contributed by atoms with van der Waals surface area (Å²) in [5, 5.41) is 0. The Balaban J connectivity index is 2.25. The molecule has 0 unspecified atom stereocenters. The Hall–Kier alpha value is -1.20. The summed E-state index contributed by atoms with van der Waals surface area (Å²) in [7, 11) is -6.06. The number of halogens is 1. The molecule has 0 aliphatic heterocycles. The maximum atomic E-state index is 12.0. The van der Waals surface area contributed by atoms with E-state index < -0.39 is 20.0 Å². The molecule has 0 spiro atoms. The third-order valence-electron chi connectivity index (χ3n) is 2.41. The number of hydrogen-bond acceptors (Lipinski definition) is 6. The van der Waals surface area contributed by atoms with Crippen molar-refractivity contribution in [1.82, 2.24) is 9.71 Å². The van der Waals surface area contributed by atoms with E-state index in [1.807, 2.05) is 0 Å². The first-order valence-electron chi connectivity index (χ1n) is 5.42. The molecule has 11 heteroatoms. The zero-order valence-corrected chi connectivity index (χ0v) is 13.8. The molecule has 1 aromatic carbocycles. The highest BCUT2D eigenvalue weighted by molar-refractivity contribution is 7.94. The molecule has 2 rings (SSSR count). The fourth-order valence-electron chi connectivity index (χ4n) is 1.39. The first-order chi connectivity index (χ1) is 9.74. The van der Waals surface area contributed by atoms with Gasteiger partial charge in [-0.3, -0.25) is 4.72 Å². The highest BCUT2D eigenvalue weighted by atomic mass is 35.5. The molecule has 0 aliphatic rings. The number of thiazole rings is 1. The van der Waals surface area contributed by atoms with Crippen molar-refractivity contribution in [3.8, 4) is 0 Å². The molecular formula is C10H10ClN3O4S3. The summed E-state index contributed by atoms with van der Waals surface area (Å²) >= 11 is 6.42. The van der Waals surface area contributed by atoms with Crippen LogP contribution in [0.2, 0.25) is 4.47 Å². The van der Waals surface area contributed by atoms with Gasteiger partial charge in [0.25, 0.3) is 10.0 Å². The van der Waals surface area contributed by atoms with E-state index in [9.17, 15) is 16.8 Å². The fraction of sp³-hybridized carbons (Fsp3) is 0.100. The van der Waals surface area contributed by atoms with Crippen molar-refractivity contribution >= 4 is 48.7 Å². The van der Waals surface area contributed by atoms with E-state index in [1.165, 1.54) is 31.3 Å². The predicted molar refractivity (Wildman–Crippen MR) is 80.6 cm³/mol. The van der Waals surface area contributed by atoms with Crippen LogP contribution in [0.4, 0.5) is 5.69 Å². The van der Waals surface area contributed by atoms with E-state index >= 15 is 0 Å². The SMILES string of the molecule is CNS(=O)(=O)c1ccc(NS(=O)(=O)c2cnc(Cl)s2)cc1. The molecule has 0 bridgehead atoms. The van der Waals surface area contributed by atoms with Gasteiger partial charge >= 0.3 is 0 Å². The molecule has 0 amide bonds. The van der Waals surface area contributed by atoms with Crippen molar-refractivity contribution in [2.45, 2.75) is 9.10 Å². The molecule has 2 N–H and O–H groups in total. The van der Waals surface area contributed by atoms with Gasteiger partial charge in [0.15, 0.2) is 8.68 Å². The van der Waals surface area contributed by atoms with Gasteiger partial charge in [0, 0.05) is 5.69 Å². The van der Waals surface area contributed by atoms with E-state index in [4.69, 9.17) is 11.6 Å². The summed E-state index contributed by atoms with van der Waals surface area (Å²) in [6.07, 6.45) is 1.15. The first-order valence-corrected chi connectivity index (χ1v) is 9.58. The lowest BCUT2D eigenvalue weighted by molar-refractivity contribution is 0.588. The third kappa shape index (κ3) is 3.71. The molecule has 7 nitrogen and oxygen atoms in total. The Labute approximate surface area is 131 Å². The van der Waals surface area contributed by atoms with Crippen LogP contribution >= 0.6 is 22.9 Å². The molecule has 0 saturated carbocycles. The summed E-state index contributed by atoms with van der Waals surface area (Å²) in [6.45, 7) is 0. The Kier molecular flexibility index (Phi) is 4.54. The molecule has 0 aliphatic carbocycles. The van der Waals surface area contributed by atoms with Gasteiger partial charge in [0.1, 0.15) is 0 Å². The lowest BCUT2D eigenvalue weighted by Gasteiger charge is -2.07. The number of sulfonamides is 2. The second-order valence-electron chi connectivity index (χ2n) is 3.77. The summed E-state index contributed by atoms with van der Waals surface area (Å²) < 4.78 is 51.7. The lowest BCUT2D eigenvalue weighted by atomic mass is 10.3. The number of benzene rings is 1. The van der Waals surface area contributed by atoms with Gasteiger partial charge in [-0.15, -0.1) is 0 Å². The van der Waals surface area contributed by atoms with Crippen LogP contribution in [0.5, 0.6) is 0 Å². The third-order valence-corrected chi connectivity index (χ3v) is 6.79. The minimum Gasteiger partial charge on any atom is -0.279 e. The summed E-state index contributed by atoms with van der Waals surface area (Å²) in [5.41, 5.74) is 0.231. The van der Waals surface area contributed by atoms with E-state index in [2.05, 4.69) is 14.4 Å². The molecule has 1 heterocycles. The summed E-state index contributed by atoms with van der Waals surface area (Å²) in [4.78, 5) is 3.70. The summed E-state index contributed by atoms with van der Waals surface area (Å²) in [5.74, 6) is 0. The zero-order valence-electron chi connectivity index (χ0n) is 10.6. The van der Waals surface area contributed by atoms with Crippen LogP contribution in [-0.2, 0) is 20.0 Å². The van der Waals surface area contributed by atoms with E-state index in [0.29, 0.717) is 0 Å². The molecule has 0 radical (unpaired) electrons. The number of rotatable bonds is 5. The van der Waals surface area contributed by atoms with Crippen LogP contribution in [0.1, 0.15) is 0 Å². The first kappa shape index (κ1) is 16.2. The molecular weight excluding hydrogens is 358 g/mol. The topological polar surface area (TPSA) is 105 Å². The van der Waals surface area contributed by atoms with Crippen LogP contribution in [0.15, 0.2) is 39.6 Å². The van der Waals surface area contributed by atoms with Gasteiger partial charge < -0.3 is 0 Å². The number of nitrogens with zero attached hydrogens (tertiary/aromatic N) is 1. The average Bonchev–Trinajstić information content (AvgIpc) is 2.86. The average molecular weight is 368 g/mol. The van der Waals surface area contributed by atoms with Crippen LogP contribution < -0.4 is 9.44 Å². The molecule has 1 aromatic heterocycles. The van der Waals surface area contributed by atoms with Crippen molar-refractivity contribution in [3.63, 3.8) is 0 Å². The second-order valence-corrected chi connectivity index (χ2v) is 9.18. The maximum Gasteiger partial charge on any atom is 0.273 e. The van der Waals surface area contributed by atoms with Crippen LogP contribution in [0.25, 0.3) is 0 Å². The maximum absolute atomic E-state index is 12.0. The van der Waals surface area contributed by atoms with Gasteiger partial charge in [-0.1, -0.05) is 22.9 Å². The molecule has 0 saturated heterocycles. The molecule has 21 heavy (non-hydrogen) atoms. The van der Waals surface area contributed by atoms with Crippen molar-refractivity contribution in [2.75, 3.05) is 11.8 Å². The molecule has 114 valence electrons. The number of anilines is 1. The molecule has 0 atom stereocenters. The standard InChI is InChI=1S/C10H10ClN3O4S3/c1-12-20(15,16)8-4-2-7(3-5-8)14-21(17,18)9-6-13-10(11)19-9/h2-6,12,14H,1H3. The van der Waals surface area contributed by atoms with Gasteiger partial charge in [-0.25, -0.2) is 26.5 Å². The molecule has 0 fully saturated rings. The predicted octanol–water partition coefficient (Wildman–Crippen LogP) is 1.51. The van der Waals surface area contributed by atoms with E-state index in [0.717, 1.165) is 17.5 Å². The smallest absolute Gasteiger partial charge is 0.273 e. The fourth-order valence-corrected chi connectivity index (χ4v) is 4.47. The van der Waals surface area contributed by atoms with E-state index in [1.54, 1.807) is 0 Å². The Morgan fingerprint density at radius 3 is 2.19 bits per heavy atom. The van der Waals surface area contributed by atoms with Crippen LogP contribution in [-0.4, -0.2) is 28.9 Å². The quantitative estimate of drug-likeness (QED) is 0.833. The lowest BCUT2D eigenvalue weighted by Crippen LogP contribution is -2.18. The van der Waals surface area contributed by atoms with Crippen LogP contribution in [0.3, 0.4) is 0 Å². The van der Waals surface area contributed by atoms with Gasteiger partial charge in [-0.2, -0.15) is 0 Å². The van der Waals surface area contributed by atoms with Gasteiger partial charge in [0.05, 0.1) is 11.1 Å². The highest BCUT2D eigenvalue weighted by Crippen LogP contribution is 2.25. The zero-order chi connectivity index (χ0) is 15.7. The summed E-state index contributed by atoms with van der Waals surface area (Å²) in [6, 6.07) is 5.29. The van der Waals surface area contributed by atoms with Crippen molar-refractivity contribution in [3.05, 3.63) is 34.9 Å². The van der Waals surface area contributed by atoms with Gasteiger partial charge in [0.2, 0.25) is 10.0 Å². The minimum atomic E-state index is -3.79. The number of hydrogen-bond donors (Lipinski definition) is 2. The Morgan fingerprint density at radius 1 is 1.10 bits per heavy atom. The monoisotopic (exact) mass is 367 g/mol. The normalized spacial score (nSPS) is 12.3. The number of nitrogens with one attached hydrogen (secondary N) is 2. The van der Waals surface area contributed by atoms with Crippen molar-refractivity contribution in [2.24, 2.45) is 0 Å². The van der Waals surface area contributed by atoms with Crippen molar-refractivity contribution < 1.29 is 16.8 Å². The Bertz CT molecular complexity index is 844. The Morgan fingerprint density at radius 2 is 1.71 bits per heavy atom. The highest BCUT2D eigenvalue weighted by Gasteiger charge is 2.18. The molecule has 2 aromatic rings.